The lowest BCUT2D eigenvalue weighted by Crippen LogP contribution is -2.73. The van der Waals surface area contributed by atoms with Crippen molar-refractivity contribution in [3.63, 3.8) is 0 Å². The number of carbonyl (C=O) groups excluding carboxylic acids is 3. The molecule has 17 nitrogen and oxygen atoms in total. The first kappa shape index (κ1) is 60.0. The van der Waals surface area contributed by atoms with Gasteiger partial charge in [0.2, 0.25) is 5.76 Å². The maximum Gasteiger partial charge on any atom is 0.375 e. The van der Waals surface area contributed by atoms with Gasteiger partial charge in [0, 0.05) is 104 Å². The molecule has 1 spiro atoms. The van der Waals surface area contributed by atoms with Crippen LogP contribution in [0.5, 0.6) is 17.2 Å². The number of likely N-dealkylation sites (tertiary alicyclic amines) is 1. The molecule has 6 heterocycles. The summed E-state index contributed by atoms with van der Waals surface area (Å²) in [5.41, 5.74) is 3.08. The first-order valence-corrected chi connectivity index (χ1v) is 32.7. The molecule has 19 heteroatoms. The number of aryl methyl sites for hydroxylation is 2. The van der Waals surface area contributed by atoms with Crippen LogP contribution in [-0.2, 0) is 49.7 Å². The number of aldehydes is 1. The molecule has 454 valence electrons. The van der Waals surface area contributed by atoms with Gasteiger partial charge in [-0.3, -0.25) is 14.5 Å². The van der Waals surface area contributed by atoms with E-state index in [2.05, 4.69) is 22.0 Å². The van der Waals surface area contributed by atoms with E-state index < -0.39 is 77.8 Å². The second-order valence-electron chi connectivity index (χ2n) is 24.3. The van der Waals surface area contributed by atoms with Crippen LogP contribution in [0, 0.1) is 35.5 Å². The van der Waals surface area contributed by atoms with E-state index in [4.69, 9.17) is 23.7 Å². The highest BCUT2D eigenvalue weighted by Crippen LogP contribution is 2.65. The number of hydrogen-bond donors (Lipinski definition) is 8. The number of nitrogens with one attached hydrogen (secondary N) is 1. The largest absolute Gasteiger partial charge is 0.492 e. The third kappa shape index (κ3) is 10.3. The van der Waals surface area contributed by atoms with Crippen molar-refractivity contribution in [3.8, 4) is 17.2 Å². The van der Waals surface area contributed by atoms with Crippen molar-refractivity contribution in [2.75, 3.05) is 72.2 Å². The summed E-state index contributed by atoms with van der Waals surface area (Å²) in [4.78, 5) is 49.0. The molecule has 1 saturated carbocycles. The van der Waals surface area contributed by atoms with Crippen LogP contribution in [0.25, 0.3) is 16.5 Å². The quantitative estimate of drug-likeness (QED) is 0.0225. The number of fused-ring (bicyclic) bond motifs is 12. The van der Waals surface area contributed by atoms with E-state index in [1.54, 1.807) is 35.6 Å². The molecule has 5 aliphatic heterocycles. The van der Waals surface area contributed by atoms with Crippen molar-refractivity contribution >= 4 is 56.1 Å². The lowest BCUT2D eigenvalue weighted by molar-refractivity contribution is -0.207. The number of aromatic nitrogens is 1. The monoisotopic (exact) mass is 1200 g/mol. The molecular weight excluding hydrogens is 1120 g/mol. The van der Waals surface area contributed by atoms with Crippen LogP contribution in [0.4, 0.5) is 0 Å². The Balaban J connectivity index is 1.08. The Hall–Kier alpha value is -5.29. The van der Waals surface area contributed by atoms with Crippen LogP contribution >= 0.6 is 21.6 Å². The number of aliphatic hydroxyl groups excluding tert-OH is 6. The molecule has 12 atom stereocenters. The highest BCUT2D eigenvalue weighted by Gasteiger charge is 2.70. The Morgan fingerprint density at radius 1 is 0.976 bits per heavy atom. The fourth-order valence-corrected chi connectivity index (χ4v) is 18.8. The number of nitrogens with zero attached hydrogens (tertiary/aromatic N) is 1. The number of aliphatic hydroxyl groups is 7. The Bertz CT molecular complexity index is 3350. The summed E-state index contributed by atoms with van der Waals surface area (Å²) in [6.45, 7) is 1.60. The Morgan fingerprint density at radius 3 is 2.58 bits per heavy atom. The van der Waals surface area contributed by atoms with Crippen LogP contribution in [0.2, 0.25) is 0 Å². The van der Waals surface area contributed by atoms with Crippen molar-refractivity contribution in [1.82, 2.24) is 9.88 Å². The fraction of sp³-hybridized carbons (Fsp3) is 0.530. The normalized spacial score (nSPS) is 31.8. The number of ether oxygens (including phenoxy) is 5. The van der Waals surface area contributed by atoms with E-state index in [9.17, 15) is 45.0 Å². The smallest absolute Gasteiger partial charge is 0.375 e. The van der Waals surface area contributed by atoms with Gasteiger partial charge in [-0.15, -0.1) is 0 Å². The maximum atomic E-state index is 15.0. The van der Waals surface area contributed by atoms with Gasteiger partial charge in [-0.1, -0.05) is 63.6 Å². The van der Waals surface area contributed by atoms with Gasteiger partial charge in [0.25, 0.3) is 0 Å². The maximum absolute atomic E-state index is 15.0. The molecule has 0 unspecified atom stereocenters. The molecular formula is C66H78N2O15S2. The predicted octanol–water partition coefficient (Wildman–Crippen LogP) is 6.81. The first-order valence-electron chi connectivity index (χ1n) is 30.3. The summed E-state index contributed by atoms with van der Waals surface area (Å²) in [6.07, 6.45) is 10.7. The second kappa shape index (κ2) is 25.1. The van der Waals surface area contributed by atoms with Gasteiger partial charge in [-0.2, -0.15) is 0 Å². The van der Waals surface area contributed by atoms with Gasteiger partial charge >= 0.3 is 5.97 Å². The fourth-order valence-electron chi connectivity index (χ4n) is 15.9. The number of Topliss-reactive ketones (excluding diaryl/α,β-unsaturated/α-hetero) is 1. The Labute approximate surface area is 502 Å². The lowest BCUT2D eigenvalue weighted by atomic mass is 9.48. The number of piperidine rings is 1. The molecule has 3 aliphatic carbocycles. The SMILES string of the molecule is CCOC(=O)C1=C(C=O)/C2=C3\C[C@@H](CO)C(=O)[C@H](C3)c3cc4cc[nH]c4cc3CC[C@@H](CO)COc3c4c(c(CO)c(c32)O1)O[C@@]1(C=C[C@@H](CCO)[C@@H]2C3=C[C@@H]5[C@H](CSS[C@H](CO)c6ccccc6CC[C@H]3O)N(CCCOC)CC[C@@H]5[C@]21O)C4. The molecule has 3 aromatic carbocycles. The molecule has 1 saturated heterocycles. The molecule has 12 rings (SSSR count). The van der Waals surface area contributed by atoms with Crippen molar-refractivity contribution in [1.29, 1.82) is 0 Å². The van der Waals surface area contributed by atoms with Gasteiger partial charge in [-0.05, 0) is 141 Å². The van der Waals surface area contributed by atoms with Crippen molar-refractivity contribution in [2.45, 2.75) is 112 Å². The van der Waals surface area contributed by atoms with Crippen LogP contribution in [0.3, 0.4) is 0 Å². The first-order chi connectivity index (χ1) is 41.4. The minimum Gasteiger partial charge on any atom is -0.492 e. The summed E-state index contributed by atoms with van der Waals surface area (Å²) in [5, 5.41) is 84.8. The summed E-state index contributed by atoms with van der Waals surface area (Å²) >= 11 is 0. The average molecular weight is 1200 g/mol. The zero-order valence-electron chi connectivity index (χ0n) is 48.2. The number of esters is 1. The van der Waals surface area contributed by atoms with E-state index in [-0.39, 0.29) is 121 Å². The number of H-pyrrole nitrogens is 1. The zero-order chi connectivity index (χ0) is 59.3. The van der Waals surface area contributed by atoms with Gasteiger partial charge in [0.1, 0.15) is 28.6 Å². The third-order valence-corrected chi connectivity index (χ3v) is 22.7. The molecule has 0 amide bonds. The van der Waals surface area contributed by atoms with Crippen LogP contribution in [0.1, 0.15) is 102 Å². The minimum atomic E-state index is -1.83. The van der Waals surface area contributed by atoms with Crippen molar-refractivity contribution in [2.24, 2.45) is 35.5 Å². The minimum absolute atomic E-state index is 0.00405. The number of aromatic amines is 1. The highest BCUT2D eigenvalue weighted by atomic mass is 33.1. The molecule has 4 bridgehead atoms. The molecule has 4 aromatic rings. The summed E-state index contributed by atoms with van der Waals surface area (Å²) in [6, 6.07) is 13.8. The van der Waals surface area contributed by atoms with E-state index in [1.807, 2.05) is 54.7 Å². The van der Waals surface area contributed by atoms with Gasteiger partial charge in [0.05, 0.1) is 61.1 Å². The standard InChI is InChI=1S/C66H78N2O15S2/c1-3-80-64(77)63-49(31-72)56-41-23-42(30-71)59(76)45(25-41)44-24-40-14-18-67-52(40)26-39(44)10-9-36(29-70)34-81-61-48-28-65(83-60(48)50(32-73)62(82-63)57(56)61)17-13-38(16-21-69)58-47-27-46-51(66(58,65)78)15-20-68(19-6-22-79-2)53(46)35-84-85-55(33-74)43-8-5-4-7-37(43)11-12-54(47)75/h4-5,7-8,13-14,17-18,24,26-27,31,36,38,42,45-46,51,53-55,58,67,69-71,73-75,78H,3,6,9-12,15-16,19-23,25,28-30,32-35H2,1-2H3/b56-41-/t36-,38-,42-,45+,46-,51-,53-,54+,55+,58+,65-,66-/m0/s1. The topological polar surface area (TPSA) is 258 Å². The highest BCUT2D eigenvalue weighted by molar-refractivity contribution is 8.76. The van der Waals surface area contributed by atoms with Gasteiger partial charge in [-0.25, -0.2) is 4.79 Å². The molecule has 2 fully saturated rings. The lowest BCUT2D eigenvalue weighted by Gasteiger charge is -2.62. The van der Waals surface area contributed by atoms with E-state index in [1.165, 1.54) is 0 Å². The number of allylic oxidation sites excluding steroid dienone is 4. The molecule has 85 heavy (non-hydrogen) atoms. The molecule has 0 radical (unpaired) electrons. The van der Waals surface area contributed by atoms with Gasteiger partial charge in [0.15, 0.2) is 11.9 Å². The van der Waals surface area contributed by atoms with Crippen LogP contribution < -0.4 is 14.2 Å². The van der Waals surface area contributed by atoms with Crippen LogP contribution in [0.15, 0.2) is 89.4 Å². The number of methoxy groups -OCH3 is 1. The second-order valence-corrected chi connectivity index (χ2v) is 26.9. The van der Waals surface area contributed by atoms with E-state index in [0.29, 0.717) is 80.5 Å². The van der Waals surface area contributed by atoms with E-state index >= 15 is 5.11 Å². The van der Waals surface area contributed by atoms with Crippen molar-refractivity contribution in [3.05, 3.63) is 128 Å². The third-order valence-electron chi connectivity index (χ3n) is 19.9. The van der Waals surface area contributed by atoms with E-state index in [0.717, 1.165) is 39.6 Å². The van der Waals surface area contributed by atoms with Crippen molar-refractivity contribution < 1.29 is 73.8 Å². The Kier molecular flexibility index (Phi) is 17.7. The molecule has 8 N–H and O–H groups in total. The number of carbonyl (C=O) groups is 3. The number of hydrogen-bond acceptors (Lipinski definition) is 18. The predicted molar refractivity (Wildman–Crippen MR) is 322 cm³/mol. The number of ketones is 1. The Morgan fingerprint density at radius 2 is 1.81 bits per heavy atom. The summed E-state index contributed by atoms with van der Waals surface area (Å²) in [5.74, 6) is -5.01. The van der Waals surface area contributed by atoms with Gasteiger partial charge < -0.3 is 64.4 Å². The number of rotatable bonds is 13. The van der Waals surface area contributed by atoms with Crippen LogP contribution in [-0.4, -0.2) is 159 Å². The molecule has 8 aliphatic rings. The summed E-state index contributed by atoms with van der Waals surface area (Å²) < 4.78 is 32.6. The average Bonchev–Trinajstić information content (AvgIpc) is 2.04. The zero-order valence-corrected chi connectivity index (χ0v) is 49.8. The number of benzene rings is 3. The molecule has 1 aromatic heterocycles. The summed E-state index contributed by atoms with van der Waals surface area (Å²) in [7, 11) is 5.01.